The Bertz CT molecular complexity index is 1090. The Morgan fingerprint density at radius 3 is 1.23 bits per heavy atom. The number of rotatable bonds is 16. The van der Waals surface area contributed by atoms with Crippen LogP contribution in [-0.4, -0.2) is 37.6 Å². The summed E-state index contributed by atoms with van der Waals surface area (Å²) in [4.78, 5) is 28.9. The maximum atomic E-state index is 15.3. The number of allylic oxidation sites excluding steroid dienone is 1. The van der Waals surface area contributed by atoms with Crippen LogP contribution < -0.4 is 15.6 Å². The summed E-state index contributed by atoms with van der Waals surface area (Å²) in [5.74, 6) is -0.0646. The fraction of sp³-hybridized carbons (Fsp3) is 0.371. The van der Waals surface area contributed by atoms with Crippen LogP contribution in [0.15, 0.2) is 101 Å². The Labute approximate surface area is 241 Å². The van der Waals surface area contributed by atoms with E-state index in [1.807, 2.05) is 54.6 Å². The van der Waals surface area contributed by atoms with Gasteiger partial charge >= 0.3 is 243 Å². The van der Waals surface area contributed by atoms with Gasteiger partial charge in [-0.2, -0.15) is 0 Å². The molecule has 0 aliphatic rings. The minimum atomic E-state index is -3.24. The van der Waals surface area contributed by atoms with Gasteiger partial charge in [0.25, 0.3) is 0 Å². The summed E-state index contributed by atoms with van der Waals surface area (Å²) in [5, 5.41) is 3.17. The predicted octanol–water partition coefficient (Wildman–Crippen LogP) is 7.17. The normalized spacial score (nSPS) is 12.4. The second kappa shape index (κ2) is 15.5. The topological polar surface area (TPSA) is 34.1 Å². The first kappa shape index (κ1) is 31.3. The number of carbonyl (C=O) groups excluding carboxylic acids is 2. The third kappa shape index (κ3) is 7.49. The van der Waals surface area contributed by atoms with Crippen LogP contribution in [0, 0.1) is 0 Å². The van der Waals surface area contributed by atoms with Crippen molar-refractivity contribution in [1.29, 1.82) is 0 Å². The van der Waals surface area contributed by atoms with E-state index in [1.54, 1.807) is 6.92 Å². The summed E-state index contributed by atoms with van der Waals surface area (Å²) in [5.41, 5.74) is 0.498. The standard InChI is InChI=1S/C23H19O2Si.3C4H9.Sn/c1-18(19(2)24)23(25)26(20-12-6-3-7-13-20,21-14-8-4-9-15-21)22-16-10-5-11-17-22;3*1-3-4-2;/h1,3-17H,2H3;3*1,3-4H2,2H3;. The van der Waals surface area contributed by atoms with Gasteiger partial charge in [0.05, 0.1) is 0 Å². The molecule has 39 heavy (non-hydrogen) atoms. The van der Waals surface area contributed by atoms with Gasteiger partial charge < -0.3 is 0 Å². The van der Waals surface area contributed by atoms with E-state index in [4.69, 9.17) is 0 Å². The number of unbranched alkanes of at least 4 members (excludes halogenated alkanes) is 3. The molecule has 0 heterocycles. The fourth-order valence-electron chi connectivity index (χ4n) is 5.97. The Morgan fingerprint density at radius 2 is 0.949 bits per heavy atom. The zero-order valence-corrected chi connectivity index (χ0v) is 28.3. The van der Waals surface area contributed by atoms with Crippen molar-refractivity contribution >= 4 is 53.2 Å². The van der Waals surface area contributed by atoms with E-state index in [0.29, 0.717) is 5.57 Å². The molecular weight excluding hydrogens is 599 g/mol. The molecule has 0 amide bonds. The molecule has 0 N–H and O–H groups in total. The molecule has 3 rings (SSSR count). The second-order valence-electron chi connectivity index (χ2n) is 11.0. The van der Waals surface area contributed by atoms with Gasteiger partial charge in [-0.05, 0) is 0 Å². The van der Waals surface area contributed by atoms with E-state index in [1.165, 1.54) is 32.6 Å². The van der Waals surface area contributed by atoms with Crippen LogP contribution in [0.25, 0.3) is 0 Å². The van der Waals surface area contributed by atoms with Crippen LogP contribution in [-0.2, 0) is 9.59 Å². The first-order valence-electron chi connectivity index (χ1n) is 14.9. The van der Waals surface area contributed by atoms with Crippen molar-refractivity contribution in [3.05, 3.63) is 101 Å². The van der Waals surface area contributed by atoms with Crippen molar-refractivity contribution in [1.82, 2.24) is 0 Å². The zero-order chi connectivity index (χ0) is 28.1. The third-order valence-electron chi connectivity index (χ3n) is 8.12. The molecule has 0 aromatic heterocycles. The van der Waals surface area contributed by atoms with Gasteiger partial charge in [0.2, 0.25) is 0 Å². The molecule has 206 valence electrons. The van der Waals surface area contributed by atoms with Crippen molar-refractivity contribution in [2.75, 3.05) is 0 Å². The van der Waals surface area contributed by atoms with Crippen LogP contribution in [0.4, 0.5) is 0 Å². The maximum absolute atomic E-state index is 15.3. The monoisotopic (exact) mass is 646 g/mol. The first-order valence-corrected chi connectivity index (χ1v) is 24.6. The van der Waals surface area contributed by atoms with Crippen LogP contribution in [0.2, 0.25) is 13.3 Å². The van der Waals surface area contributed by atoms with Gasteiger partial charge in [-0.1, -0.05) is 0 Å². The molecule has 4 heteroatoms. The van der Waals surface area contributed by atoms with Gasteiger partial charge in [0.15, 0.2) is 0 Å². The van der Waals surface area contributed by atoms with Crippen LogP contribution in [0.3, 0.4) is 0 Å². The van der Waals surface area contributed by atoms with Gasteiger partial charge in [0.1, 0.15) is 0 Å². The molecule has 3 aromatic carbocycles. The number of ketones is 1. The summed E-state index contributed by atoms with van der Waals surface area (Å²) in [6.07, 6.45) is 7.05. The molecule has 0 radical (unpaired) electrons. The molecule has 0 atom stereocenters. The molecular formula is C35H46O2SiSn. The van der Waals surface area contributed by atoms with Crippen molar-refractivity contribution in [2.24, 2.45) is 0 Å². The average molecular weight is 646 g/mol. The quantitative estimate of drug-likeness (QED) is 0.0545. The minimum absolute atomic E-state index is 0.0594. The van der Waals surface area contributed by atoms with Crippen LogP contribution >= 0.6 is 0 Å². The van der Waals surface area contributed by atoms with Crippen molar-refractivity contribution in [3.63, 3.8) is 0 Å². The number of carbonyl (C=O) groups is 2. The van der Waals surface area contributed by atoms with E-state index >= 15 is 4.79 Å². The molecule has 0 unspecified atom stereocenters. The van der Waals surface area contributed by atoms with E-state index < -0.39 is 26.5 Å². The molecule has 0 aliphatic carbocycles. The molecule has 2 nitrogen and oxygen atoms in total. The summed E-state index contributed by atoms with van der Waals surface area (Å²) < 4.78 is 6.06. The summed E-state index contributed by atoms with van der Waals surface area (Å²) in [6.45, 7) is 8.40. The first-order chi connectivity index (χ1) is 18.9. The molecule has 0 aliphatic heterocycles. The molecule has 0 bridgehead atoms. The number of hydrogen-bond donors (Lipinski definition) is 0. The molecule has 0 saturated carbocycles. The van der Waals surface area contributed by atoms with Crippen molar-refractivity contribution < 1.29 is 9.59 Å². The van der Waals surface area contributed by atoms with E-state index in [0.717, 1.165) is 34.8 Å². The molecule has 0 saturated heterocycles. The molecule has 0 fully saturated rings. The Morgan fingerprint density at radius 1 is 0.615 bits per heavy atom. The van der Waals surface area contributed by atoms with Crippen LogP contribution in [0.5, 0.6) is 0 Å². The molecule has 0 spiro atoms. The van der Waals surface area contributed by atoms with Gasteiger partial charge in [-0.3, -0.25) is 0 Å². The van der Waals surface area contributed by atoms with Gasteiger partial charge in [0, 0.05) is 0 Å². The summed E-state index contributed by atoms with van der Waals surface area (Å²) in [7, 11) is -3.24. The van der Waals surface area contributed by atoms with Crippen LogP contribution in [0.1, 0.15) is 66.2 Å². The average Bonchev–Trinajstić information content (AvgIpc) is 2.98. The van der Waals surface area contributed by atoms with Gasteiger partial charge in [-0.15, -0.1) is 0 Å². The summed E-state index contributed by atoms with van der Waals surface area (Å²) in [6, 6.07) is 30.8. The molecule has 3 aromatic rings. The van der Waals surface area contributed by atoms with Crippen molar-refractivity contribution in [3.8, 4) is 0 Å². The number of benzene rings is 3. The summed E-state index contributed by atoms with van der Waals surface area (Å²) >= 11 is -2.97. The fourth-order valence-corrected chi connectivity index (χ4v) is 26.0. The second-order valence-corrected chi connectivity index (χ2v) is 27.5. The predicted molar refractivity (Wildman–Crippen MR) is 173 cm³/mol. The SMILES string of the molecule is CCC[CH2][Sn](/[CH]=C(\C(C)=O)C(=O)[Si](c1ccccc1)(c1ccccc1)c1ccccc1)([CH2]CCC)[CH2]CCC. The Hall–Kier alpha value is -2.24. The Kier molecular flexibility index (Phi) is 12.4. The van der Waals surface area contributed by atoms with E-state index in [9.17, 15) is 4.79 Å². The van der Waals surface area contributed by atoms with Crippen molar-refractivity contribution in [2.45, 2.75) is 79.5 Å². The third-order valence-corrected chi connectivity index (χ3v) is 26.8. The Balaban J connectivity index is 2.36. The van der Waals surface area contributed by atoms with E-state index in [-0.39, 0.29) is 11.2 Å². The van der Waals surface area contributed by atoms with E-state index in [2.05, 4.69) is 61.3 Å². The zero-order valence-electron chi connectivity index (χ0n) is 24.4. The van der Waals surface area contributed by atoms with Gasteiger partial charge in [-0.25, -0.2) is 0 Å². The number of Topliss-reactive ketones (excluding diaryl/α,β-unsaturated/α-hetero) is 1. The number of hydrogen-bond acceptors (Lipinski definition) is 2.